The molecule has 1 heterocycles. The summed E-state index contributed by atoms with van der Waals surface area (Å²) in [6.45, 7) is 0. The van der Waals surface area contributed by atoms with E-state index in [1.807, 2.05) is 0 Å². The molecule has 94 valence electrons. The summed E-state index contributed by atoms with van der Waals surface area (Å²) in [5.74, 6) is -0.567. The topological polar surface area (TPSA) is 112 Å². The van der Waals surface area contributed by atoms with Gasteiger partial charge in [0.1, 0.15) is 10.1 Å². The van der Waals surface area contributed by atoms with Crippen LogP contribution in [-0.4, -0.2) is 32.2 Å². The second kappa shape index (κ2) is 4.86. The number of fused-ring (bicyclic) bond motifs is 1. The van der Waals surface area contributed by atoms with Crippen molar-refractivity contribution in [3.8, 4) is 0 Å². The average Bonchev–Trinajstić information content (AvgIpc) is 2.23. The summed E-state index contributed by atoms with van der Waals surface area (Å²) in [5.41, 5.74) is -0.360. The van der Waals surface area contributed by atoms with Crippen LogP contribution in [0, 0.1) is 0 Å². The van der Waals surface area contributed by atoms with Crippen molar-refractivity contribution >= 4 is 20.0 Å². The van der Waals surface area contributed by atoms with E-state index in [1.165, 1.54) is 18.2 Å². The molecule has 1 aromatic rings. The monoisotopic (exact) mass is 300 g/mol. The molecule has 1 atom stereocenters. The van der Waals surface area contributed by atoms with Crippen LogP contribution in [0.3, 0.4) is 0 Å². The Morgan fingerprint density at radius 2 is 1.83 bits per heavy atom. The Labute approximate surface area is 127 Å². The van der Waals surface area contributed by atoms with Gasteiger partial charge in [0.15, 0.2) is 14.8 Å². The SMILES string of the molecule is O=S1(=O)CCC(O)(S(=O)(=O)[O-])c2ccccc21.[Na+]. The normalized spacial score (nSPS) is 25.9. The predicted molar refractivity (Wildman–Crippen MR) is 56.7 cm³/mol. The van der Waals surface area contributed by atoms with Gasteiger partial charge >= 0.3 is 29.6 Å². The fraction of sp³-hybridized carbons (Fsp3) is 0.333. The molecule has 1 aliphatic heterocycles. The first-order valence-electron chi connectivity index (χ1n) is 4.68. The summed E-state index contributed by atoms with van der Waals surface area (Å²) in [7, 11) is -8.68. The van der Waals surface area contributed by atoms with E-state index in [0.29, 0.717) is 0 Å². The molecule has 0 saturated heterocycles. The van der Waals surface area contributed by atoms with E-state index >= 15 is 0 Å². The third-order valence-electron chi connectivity index (χ3n) is 2.77. The number of rotatable bonds is 1. The molecule has 0 saturated carbocycles. The Morgan fingerprint density at radius 3 is 2.39 bits per heavy atom. The van der Waals surface area contributed by atoms with Gasteiger partial charge in [-0.3, -0.25) is 0 Å². The van der Waals surface area contributed by atoms with Gasteiger partial charge in [0.05, 0.1) is 10.6 Å². The molecule has 18 heavy (non-hydrogen) atoms. The molecule has 0 amide bonds. The molecular weight excluding hydrogens is 291 g/mol. The minimum atomic E-state index is -5.05. The van der Waals surface area contributed by atoms with Gasteiger partial charge < -0.3 is 9.66 Å². The average molecular weight is 300 g/mol. The van der Waals surface area contributed by atoms with E-state index in [4.69, 9.17) is 0 Å². The zero-order chi connectivity index (χ0) is 12.9. The van der Waals surface area contributed by atoms with Gasteiger partial charge in [-0.2, -0.15) is 0 Å². The van der Waals surface area contributed by atoms with Gasteiger partial charge in [-0.15, -0.1) is 0 Å². The first-order chi connectivity index (χ1) is 7.68. The number of aliphatic hydroxyl groups is 1. The number of hydrogen-bond acceptors (Lipinski definition) is 6. The molecule has 0 bridgehead atoms. The molecule has 1 unspecified atom stereocenters. The van der Waals surface area contributed by atoms with Gasteiger partial charge in [-0.05, 0) is 6.07 Å². The van der Waals surface area contributed by atoms with Crippen molar-refractivity contribution in [1.29, 1.82) is 0 Å². The standard InChI is InChI=1S/C9H10O6S2.Na/c10-9(17(13,14)15)5-6-16(11,12)8-4-2-1-3-7(8)9;/h1-4,10H,5-6H2,(H,13,14,15);/q;+1/p-1. The quantitative estimate of drug-likeness (QED) is 0.426. The Kier molecular flexibility index (Phi) is 4.34. The molecule has 0 radical (unpaired) electrons. The van der Waals surface area contributed by atoms with Gasteiger partial charge in [-0.25, -0.2) is 16.8 Å². The van der Waals surface area contributed by atoms with Crippen molar-refractivity contribution in [3.05, 3.63) is 29.8 Å². The maximum Gasteiger partial charge on any atom is 1.00 e. The molecular formula is C9H9NaO6S2. The molecule has 1 N–H and O–H groups in total. The Balaban J connectivity index is 0.00000162. The van der Waals surface area contributed by atoms with E-state index in [1.54, 1.807) is 0 Å². The van der Waals surface area contributed by atoms with E-state index in [0.717, 1.165) is 6.07 Å². The maximum absolute atomic E-state index is 11.7. The van der Waals surface area contributed by atoms with Gasteiger partial charge in [0, 0.05) is 12.0 Å². The Morgan fingerprint density at radius 1 is 1.28 bits per heavy atom. The minimum absolute atomic E-state index is 0. The molecule has 1 aliphatic rings. The second-order valence-corrected chi connectivity index (χ2v) is 7.46. The fourth-order valence-corrected chi connectivity index (χ4v) is 4.47. The van der Waals surface area contributed by atoms with E-state index < -0.39 is 37.1 Å². The van der Waals surface area contributed by atoms with Crippen molar-refractivity contribution in [1.82, 2.24) is 0 Å². The summed E-state index contributed by atoms with van der Waals surface area (Å²) in [5, 5.41) is 9.93. The fourth-order valence-electron chi connectivity index (χ4n) is 1.84. The van der Waals surface area contributed by atoms with Crippen molar-refractivity contribution in [2.45, 2.75) is 16.2 Å². The summed E-state index contributed by atoms with van der Waals surface area (Å²) in [4.78, 5) is -2.96. The molecule has 6 nitrogen and oxygen atoms in total. The van der Waals surface area contributed by atoms with Crippen LogP contribution in [0.1, 0.15) is 12.0 Å². The Hall–Kier alpha value is 0.0400. The van der Waals surface area contributed by atoms with Crippen LogP contribution in [0.15, 0.2) is 29.2 Å². The Bertz CT molecular complexity index is 666. The molecule has 9 heteroatoms. The summed E-state index contributed by atoms with van der Waals surface area (Å²) in [6, 6.07) is 5.09. The largest absolute Gasteiger partial charge is 1.00 e. The smallest absolute Gasteiger partial charge is 0.745 e. The van der Waals surface area contributed by atoms with E-state index in [2.05, 4.69) is 0 Å². The van der Waals surface area contributed by atoms with E-state index in [9.17, 15) is 26.5 Å². The third kappa shape index (κ3) is 2.38. The number of sulfone groups is 1. The molecule has 0 spiro atoms. The van der Waals surface area contributed by atoms with Crippen LogP contribution in [0.5, 0.6) is 0 Å². The maximum atomic E-state index is 11.7. The van der Waals surface area contributed by atoms with Crippen molar-refractivity contribution < 1.29 is 56.1 Å². The molecule has 0 aliphatic carbocycles. The number of hydrogen-bond donors (Lipinski definition) is 1. The van der Waals surface area contributed by atoms with Gasteiger partial charge in [-0.1, -0.05) is 18.2 Å². The van der Waals surface area contributed by atoms with Crippen LogP contribution in [0.4, 0.5) is 0 Å². The van der Waals surface area contributed by atoms with Crippen LogP contribution >= 0.6 is 0 Å². The van der Waals surface area contributed by atoms with Gasteiger partial charge in [0.25, 0.3) is 0 Å². The second-order valence-electron chi connectivity index (χ2n) is 3.80. The minimum Gasteiger partial charge on any atom is -0.745 e. The first kappa shape index (κ1) is 16.1. The van der Waals surface area contributed by atoms with Crippen molar-refractivity contribution in [3.63, 3.8) is 0 Å². The molecule has 1 aromatic carbocycles. The predicted octanol–water partition coefficient (Wildman–Crippen LogP) is -3.44. The van der Waals surface area contributed by atoms with Crippen LogP contribution in [0.25, 0.3) is 0 Å². The van der Waals surface area contributed by atoms with Crippen molar-refractivity contribution in [2.24, 2.45) is 0 Å². The third-order valence-corrected chi connectivity index (χ3v) is 5.79. The summed E-state index contributed by atoms with van der Waals surface area (Å²) in [6.07, 6.45) is -0.641. The van der Waals surface area contributed by atoms with Crippen LogP contribution < -0.4 is 29.6 Å². The number of benzene rings is 1. The molecule has 0 aromatic heterocycles. The summed E-state index contributed by atoms with van der Waals surface area (Å²) >= 11 is 0. The molecule has 0 fully saturated rings. The van der Waals surface area contributed by atoms with Crippen LogP contribution in [0.2, 0.25) is 0 Å². The van der Waals surface area contributed by atoms with Gasteiger partial charge in [0.2, 0.25) is 0 Å². The van der Waals surface area contributed by atoms with Crippen molar-refractivity contribution in [2.75, 3.05) is 5.75 Å². The van der Waals surface area contributed by atoms with E-state index in [-0.39, 0.29) is 40.0 Å². The molecule has 2 rings (SSSR count). The zero-order valence-electron chi connectivity index (χ0n) is 9.53. The zero-order valence-corrected chi connectivity index (χ0v) is 13.2. The first-order valence-corrected chi connectivity index (χ1v) is 7.75. The summed E-state index contributed by atoms with van der Waals surface area (Å²) < 4.78 is 56.6. The van der Waals surface area contributed by atoms with Crippen LogP contribution in [-0.2, 0) is 24.9 Å².